The van der Waals surface area contributed by atoms with Crippen LogP contribution in [0.15, 0.2) is 30.6 Å². The summed E-state index contributed by atoms with van der Waals surface area (Å²) in [6.45, 7) is 4.52. The number of carbonyl (C=O) groups is 1. The molecule has 6 nitrogen and oxygen atoms in total. The Labute approximate surface area is 124 Å². The Kier molecular flexibility index (Phi) is 5.45. The second-order valence-electron chi connectivity index (χ2n) is 5.02. The zero-order valence-electron chi connectivity index (χ0n) is 12.4. The molecule has 0 aliphatic carbocycles. The summed E-state index contributed by atoms with van der Waals surface area (Å²) in [6, 6.07) is 8.12. The molecule has 3 N–H and O–H groups in total. The highest BCUT2D eigenvalue weighted by Gasteiger charge is 2.06. The molecule has 0 bridgehead atoms. The monoisotopic (exact) mass is 287 g/mol. The number of aromatic nitrogens is 3. The largest absolute Gasteiger partial charge is 0.326 e. The van der Waals surface area contributed by atoms with E-state index >= 15 is 0 Å². The van der Waals surface area contributed by atoms with Crippen LogP contribution in [0, 0.1) is 0 Å². The number of amides is 1. The number of benzene rings is 1. The van der Waals surface area contributed by atoms with Gasteiger partial charge in [0.15, 0.2) is 0 Å². The predicted molar refractivity (Wildman–Crippen MR) is 81.9 cm³/mol. The molecule has 1 heterocycles. The molecule has 1 unspecified atom stereocenters. The number of rotatable bonds is 7. The van der Waals surface area contributed by atoms with Gasteiger partial charge in [0, 0.05) is 25.1 Å². The van der Waals surface area contributed by atoms with Gasteiger partial charge in [-0.15, -0.1) is 0 Å². The van der Waals surface area contributed by atoms with Gasteiger partial charge < -0.3 is 10.6 Å². The Morgan fingerprint density at radius 2 is 2.29 bits per heavy atom. The molecule has 2 rings (SSSR count). The lowest BCUT2D eigenvalue weighted by molar-refractivity contribution is -0.114. The molecule has 0 aliphatic rings. The van der Waals surface area contributed by atoms with E-state index in [9.17, 15) is 4.79 Å². The summed E-state index contributed by atoms with van der Waals surface area (Å²) in [7, 11) is 0. The number of carbonyl (C=O) groups excluding carboxylic acids is 1. The Bertz CT molecular complexity index is 567. The van der Waals surface area contributed by atoms with Gasteiger partial charge in [-0.25, -0.2) is 4.98 Å². The Morgan fingerprint density at radius 3 is 3.00 bits per heavy atom. The number of anilines is 1. The Balaban J connectivity index is 1.79. The van der Waals surface area contributed by atoms with Gasteiger partial charge in [-0.3, -0.25) is 9.89 Å². The van der Waals surface area contributed by atoms with Crippen molar-refractivity contribution in [3.05, 3.63) is 42.0 Å². The maximum absolute atomic E-state index is 11.1. The van der Waals surface area contributed by atoms with Crippen LogP contribution in [-0.2, 0) is 11.2 Å². The first-order valence-corrected chi connectivity index (χ1v) is 7.10. The minimum absolute atomic E-state index is 0.0557. The lowest BCUT2D eigenvalue weighted by Crippen LogP contribution is -2.20. The lowest BCUT2D eigenvalue weighted by Gasteiger charge is -2.15. The van der Waals surface area contributed by atoms with Crippen LogP contribution in [0.5, 0.6) is 0 Å². The smallest absolute Gasteiger partial charge is 0.221 e. The fraction of sp³-hybridized carbons (Fsp3) is 0.400. The summed E-state index contributed by atoms with van der Waals surface area (Å²) in [5, 5.41) is 12.9. The minimum atomic E-state index is -0.0557. The molecular weight excluding hydrogens is 266 g/mol. The summed E-state index contributed by atoms with van der Waals surface area (Å²) < 4.78 is 0. The zero-order valence-corrected chi connectivity index (χ0v) is 12.4. The maximum Gasteiger partial charge on any atom is 0.221 e. The van der Waals surface area contributed by atoms with Gasteiger partial charge in [0.2, 0.25) is 5.91 Å². The molecule has 2 aromatic rings. The van der Waals surface area contributed by atoms with E-state index in [2.05, 4.69) is 38.8 Å². The molecular formula is C15H21N5O. The summed E-state index contributed by atoms with van der Waals surface area (Å²) in [6.07, 6.45) is 3.40. The normalized spacial score (nSPS) is 12.1. The minimum Gasteiger partial charge on any atom is -0.326 e. The highest BCUT2D eigenvalue weighted by molar-refractivity contribution is 5.88. The number of nitrogens with zero attached hydrogens (tertiary/aromatic N) is 2. The van der Waals surface area contributed by atoms with Gasteiger partial charge in [-0.1, -0.05) is 12.1 Å². The third-order valence-corrected chi connectivity index (χ3v) is 3.21. The number of hydrogen-bond acceptors (Lipinski definition) is 4. The highest BCUT2D eigenvalue weighted by Crippen LogP contribution is 2.17. The van der Waals surface area contributed by atoms with Crippen LogP contribution in [0.2, 0.25) is 0 Å². The molecule has 0 radical (unpaired) electrons. The number of nitrogens with one attached hydrogen (secondary N) is 3. The first-order valence-electron chi connectivity index (χ1n) is 7.10. The van der Waals surface area contributed by atoms with E-state index in [1.165, 1.54) is 13.3 Å². The first kappa shape index (κ1) is 15.2. The molecule has 1 aromatic carbocycles. The van der Waals surface area contributed by atoms with E-state index in [1.807, 2.05) is 18.2 Å². The molecule has 0 saturated heterocycles. The summed E-state index contributed by atoms with van der Waals surface area (Å²) in [5.41, 5.74) is 1.98. The average molecular weight is 287 g/mol. The average Bonchev–Trinajstić information content (AvgIpc) is 2.96. The standard InChI is InChI=1S/C15H21N5O/c1-11(16-8-4-7-15-17-10-18-20-15)13-5-3-6-14(9-13)19-12(2)21/h3,5-6,9-11,16H,4,7-8H2,1-2H3,(H,19,21)(H,17,18,20). The van der Waals surface area contributed by atoms with Crippen molar-refractivity contribution in [1.82, 2.24) is 20.5 Å². The molecule has 1 amide bonds. The fourth-order valence-corrected chi connectivity index (χ4v) is 2.13. The van der Waals surface area contributed by atoms with E-state index in [1.54, 1.807) is 0 Å². The van der Waals surface area contributed by atoms with Crippen LogP contribution in [0.1, 0.15) is 37.7 Å². The fourth-order valence-electron chi connectivity index (χ4n) is 2.13. The molecule has 0 fully saturated rings. The van der Waals surface area contributed by atoms with Crippen molar-refractivity contribution in [3.8, 4) is 0 Å². The van der Waals surface area contributed by atoms with E-state index in [0.29, 0.717) is 0 Å². The maximum atomic E-state index is 11.1. The number of hydrogen-bond donors (Lipinski definition) is 3. The van der Waals surface area contributed by atoms with E-state index in [4.69, 9.17) is 0 Å². The molecule has 0 spiro atoms. The van der Waals surface area contributed by atoms with E-state index < -0.39 is 0 Å². The summed E-state index contributed by atoms with van der Waals surface area (Å²) >= 11 is 0. The molecule has 1 aromatic heterocycles. The van der Waals surface area contributed by atoms with Crippen LogP contribution in [0.25, 0.3) is 0 Å². The lowest BCUT2D eigenvalue weighted by atomic mass is 10.1. The van der Waals surface area contributed by atoms with Crippen molar-refractivity contribution in [1.29, 1.82) is 0 Å². The van der Waals surface area contributed by atoms with Gasteiger partial charge in [-0.05, 0) is 37.6 Å². The Hall–Kier alpha value is -2.21. The molecule has 21 heavy (non-hydrogen) atoms. The second-order valence-corrected chi connectivity index (χ2v) is 5.02. The molecule has 0 saturated carbocycles. The third kappa shape index (κ3) is 5.00. The molecule has 112 valence electrons. The van der Waals surface area contributed by atoms with Gasteiger partial charge in [0.1, 0.15) is 12.2 Å². The third-order valence-electron chi connectivity index (χ3n) is 3.21. The van der Waals surface area contributed by atoms with Crippen molar-refractivity contribution in [2.75, 3.05) is 11.9 Å². The summed E-state index contributed by atoms with van der Waals surface area (Å²) in [5.74, 6) is 0.858. The topological polar surface area (TPSA) is 82.7 Å². The molecule has 6 heteroatoms. The molecule has 1 atom stereocenters. The molecule has 0 aliphatic heterocycles. The van der Waals surface area contributed by atoms with E-state index in [0.717, 1.165) is 36.5 Å². The van der Waals surface area contributed by atoms with Gasteiger partial charge in [0.25, 0.3) is 0 Å². The van der Waals surface area contributed by atoms with Crippen molar-refractivity contribution in [3.63, 3.8) is 0 Å². The van der Waals surface area contributed by atoms with Gasteiger partial charge in [0.05, 0.1) is 0 Å². The summed E-state index contributed by atoms with van der Waals surface area (Å²) in [4.78, 5) is 15.2. The quantitative estimate of drug-likeness (QED) is 0.681. The van der Waals surface area contributed by atoms with Crippen LogP contribution in [0.3, 0.4) is 0 Å². The number of aryl methyl sites for hydroxylation is 1. The van der Waals surface area contributed by atoms with Crippen molar-refractivity contribution >= 4 is 11.6 Å². The van der Waals surface area contributed by atoms with Crippen LogP contribution < -0.4 is 10.6 Å². The number of H-pyrrole nitrogens is 1. The zero-order chi connectivity index (χ0) is 15.1. The van der Waals surface area contributed by atoms with E-state index in [-0.39, 0.29) is 11.9 Å². The van der Waals surface area contributed by atoms with Crippen LogP contribution in [-0.4, -0.2) is 27.6 Å². The first-order chi connectivity index (χ1) is 10.1. The van der Waals surface area contributed by atoms with Crippen LogP contribution in [0.4, 0.5) is 5.69 Å². The second kappa shape index (κ2) is 7.54. The Morgan fingerprint density at radius 1 is 1.43 bits per heavy atom. The number of aromatic amines is 1. The van der Waals surface area contributed by atoms with Crippen LogP contribution >= 0.6 is 0 Å². The van der Waals surface area contributed by atoms with Gasteiger partial charge in [-0.2, -0.15) is 5.10 Å². The SMILES string of the molecule is CC(=O)Nc1cccc(C(C)NCCCc2ncn[nH]2)c1. The van der Waals surface area contributed by atoms with Gasteiger partial charge >= 0.3 is 0 Å². The van der Waals surface area contributed by atoms with Crippen molar-refractivity contribution in [2.45, 2.75) is 32.7 Å². The highest BCUT2D eigenvalue weighted by atomic mass is 16.1. The predicted octanol–water partition coefficient (Wildman–Crippen LogP) is 2.05. The van der Waals surface area contributed by atoms with Crippen molar-refractivity contribution in [2.24, 2.45) is 0 Å². The van der Waals surface area contributed by atoms with Crippen molar-refractivity contribution < 1.29 is 4.79 Å².